The largest absolute Gasteiger partial charge is 0.314 e. The normalized spacial score (nSPS) is 15.1. The first kappa shape index (κ1) is 11.3. The fourth-order valence-corrected chi connectivity index (χ4v) is 1.85. The number of hydrogen-bond donors (Lipinski definition) is 1. The van der Waals surface area contributed by atoms with Crippen molar-refractivity contribution in [3.8, 4) is 0 Å². The minimum Gasteiger partial charge on any atom is -0.314 e. The van der Waals surface area contributed by atoms with Gasteiger partial charge in [-0.05, 0) is 38.3 Å². The van der Waals surface area contributed by atoms with Crippen molar-refractivity contribution in [1.29, 1.82) is 0 Å². The van der Waals surface area contributed by atoms with E-state index in [1.54, 1.807) is 0 Å². The van der Waals surface area contributed by atoms with Crippen LogP contribution in [-0.4, -0.2) is 18.4 Å². The van der Waals surface area contributed by atoms with Gasteiger partial charge in [0.15, 0.2) is 5.78 Å². The molecule has 1 aliphatic rings. The predicted octanol–water partition coefficient (Wildman–Crippen LogP) is 2.63. The molecule has 0 aromatic heterocycles. The number of Topliss-reactive ketones (excluding diaryl/α,β-unsaturated/α-hetero) is 1. The van der Waals surface area contributed by atoms with Gasteiger partial charge in [-0.2, -0.15) is 0 Å². The second-order valence-electron chi connectivity index (χ2n) is 4.72. The molecular formula is C14H19NO. The third kappa shape index (κ3) is 2.92. The molecule has 86 valence electrons. The third-order valence-electron chi connectivity index (χ3n) is 3.06. The van der Waals surface area contributed by atoms with Crippen molar-refractivity contribution >= 4 is 5.78 Å². The standard InChI is InChI=1S/C14H19NO/c1-10-3-4-11(2)13(9-10)14(16)7-8-15-12-5-6-12/h3-4,9,12,15H,5-8H2,1-2H3. The van der Waals surface area contributed by atoms with Crippen molar-refractivity contribution in [3.63, 3.8) is 0 Å². The lowest BCUT2D eigenvalue weighted by molar-refractivity contribution is 0.0982. The molecule has 1 aromatic rings. The summed E-state index contributed by atoms with van der Waals surface area (Å²) in [6.45, 7) is 4.84. The van der Waals surface area contributed by atoms with Crippen LogP contribution in [0.3, 0.4) is 0 Å². The van der Waals surface area contributed by atoms with Crippen molar-refractivity contribution in [3.05, 3.63) is 34.9 Å². The molecule has 1 aliphatic carbocycles. The van der Waals surface area contributed by atoms with Crippen LogP contribution in [0, 0.1) is 13.8 Å². The van der Waals surface area contributed by atoms with Gasteiger partial charge in [-0.15, -0.1) is 0 Å². The molecule has 0 unspecified atom stereocenters. The Bertz CT molecular complexity index is 394. The third-order valence-corrected chi connectivity index (χ3v) is 3.06. The Balaban J connectivity index is 1.93. The number of rotatable bonds is 5. The Morgan fingerprint density at radius 3 is 2.81 bits per heavy atom. The van der Waals surface area contributed by atoms with Crippen LogP contribution in [0.1, 0.15) is 40.7 Å². The topological polar surface area (TPSA) is 29.1 Å². The van der Waals surface area contributed by atoms with Crippen LogP contribution in [0.5, 0.6) is 0 Å². The Morgan fingerprint density at radius 2 is 2.12 bits per heavy atom. The number of hydrogen-bond acceptors (Lipinski definition) is 2. The predicted molar refractivity (Wildman–Crippen MR) is 65.9 cm³/mol. The molecule has 2 heteroatoms. The average molecular weight is 217 g/mol. The maximum Gasteiger partial charge on any atom is 0.164 e. The number of benzene rings is 1. The van der Waals surface area contributed by atoms with Gasteiger partial charge in [-0.25, -0.2) is 0 Å². The minimum atomic E-state index is 0.259. The molecule has 0 bridgehead atoms. The molecule has 0 heterocycles. The Morgan fingerprint density at radius 1 is 1.38 bits per heavy atom. The van der Waals surface area contributed by atoms with Gasteiger partial charge in [0, 0.05) is 24.6 Å². The summed E-state index contributed by atoms with van der Waals surface area (Å²) in [6, 6.07) is 6.76. The van der Waals surface area contributed by atoms with E-state index in [9.17, 15) is 4.79 Å². The van der Waals surface area contributed by atoms with Crippen LogP contribution in [0.4, 0.5) is 0 Å². The first-order chi connectivity index (χ1) is 7.66. The second kappa shape index (κ2) is 4.79. The molecule has 1 saturated carbocycles. The number of carbonyl (C=O) groups is 1. The summed E-state index contributed by atoms with van der Waals surface area (Å²) in [5, 5.41) is 3.37. The highest BCUT2D eigenvalue weighted by Gasteiger charge is 2.20. The monoisotopic (exact) mass is 217 g/mol. The molecule has 2 nitrogen and oxygen atoms in total. The lowest BCUT2D eigenvalue weighted by Crippen LogP contribution is -2.20. The summed E-state index contributed by atoms with van der Waals surface area (Å²) in [5.41, 5.74) is 3.13. The van der Waals surface area contributed by atoms with Crippen molar-refractivity contribution in [2.24, 2.45) is 0 Å². The minimum absolute atomic E-state index is 0.259. The molecule has 1 fully saturated rings. The molecular weight excluding hydrogens is 198 g/mol. The summed E-state index contributed by atoms with van der Waals surface area (Å²) in [7, 11) is 0. The molecule has 0 aliphatic heterocycles. The van der Waals surface area contributed by atoms with Crippen LogP contribution in [0.25, 0.3) is 0 Å². The Hall–Kier alpha value is -1.15. The lowest BCUT2D eigenvalue weighted by atomic mass is 10.0. The number of aryl methyl sites for hydroxylation is 2. The SMILES string of the molecule is Cc1ccc(C)c(C(=O)CCNC2CC2)c1. The van der Waals surface area contributed by atoms with Crippen LogP contribution in [0.2, 0.25) is 0 Å². The molecule has 0 amide bonds. The highest BCUT2D eigenvalue weighted by atomic mass is 16.1. The van der Waals surface area contributed by atoms with Gasteiger partial charge >= 0.3 is 0 Å². The summed E-state index contributed by atoms with van der Waals surface area (Å²) >= 11 is 0. The van der Waals surface area contributed by atoms with E-state index < -0.39 is 0 Å². The molecule has 0 spiro atoms. The van der Waals surface area contributed by atoms with E-state index in [1.807, 2.05) is 26.0 Å². The summed E-state index contributed by atoms with van der Waals surface area (Å²) in [6.07, 6.45) is 3.16. The average Bonchev–Trinajstić information content (AvgIpc) is 3.05. The van der Waals surface area contributed by atoms with E-state index in [1.165, 1.54) is 12.8 Å². The van der Waals surface area contributed by atoms with E-state index in [0.29, 0.717) is 12.5 Å². The lowest BCUT2D eigenvalue weighted by Gasteiger charge is -2.06. The summed E-state index contributed by atoms with van der Waals surface area (Å²) in [5.74, 6) is 0.259. The first-order valence-corrected chi connectivity index (χ1v) is 6.00. The molecule has 1 aromatic carbocycles. The van der Waals surface area contributed by atoms with Gasteiger partial charge in [-0.3, -0.25) is 4.79 Å². The van der Waals surface area contributed by atoms with E-state index >= 15 is 0 Å². The highest BCUT2D eigenvalue weighted by molar-refractivity contribution is 5.97. The molecule has 0 saturated heterocycles. The number of ketones is 1. The number of carbonyl (C=O) groups excluding carboxylic acids is 1. The number of nitrogens with one attached hydrogen (secondary N) is 1. The summed E-state index contributed by atoms with van der Waals surface area (Å²) < 4.78 is 0. The van der Waals surface area contributed by atoms with Crippen molar-refractivity contribution in [2.75, 3.05) is 6.54 Å². The van der Waals surface area contributed by atoms with E-state index in [2.05, 4.69) is 11.4 Å². The van der Waals surface area contributed by atoms with Gasteiger partial charge in [0.05, 0.1) is 0 Å². The van der Waals surface area contributed by atoms with Crippen molar-refractivity contribution in [2.45, 2.75) is 39.2 Å². The van der Waals surface area contributed by atoms with E-state index in [0.717, 1.165) is 23.2 Å². The second-order valence-corrected chi connectivity index (χ2v) is 4.72. The highest BCUT2D eigenvalue weighted by Crippen LogP contribution is 2.18. The zero-order valence-corrected chi connectivity index (χ0v) is 10.0. The fourth-order valence-electron chi connectivity index (χ4n) is 1.85. The van der Waals surface area contributed by atoms with Crippen LogP contribution >= 0.6 is 0 Å². The molecule has 2 rings (SSSR count). The molecule has 0 atom stereocenters. The van der Waals surface area contributed by atoms with Gasteiger partial charge in [0.25, 0.3) is 0 Å². The Labute approximate surface area is 97.1 Å². The molecule has 0 radical (unpaired) electrons. The van der Waals surface area contributed by atoms with Gasteiger partial charge < -0.3 is 5.32 Å². The maximum atomic E-state index is 12.0. The van der Waals surface area contributed by atoms with Crippen LogP contribution in [-0.2, 0) is 0 Å². The molecule has 16 heavy (non-hydrogen) atoms. The first-order valence-electron chi connectivity index (χ1n) is 6.00. The fraction of sp³-hybridized carbons (Fsp3) is 0.500. The van der Waals surface area contributed by atoms with Gasteiger partial charge in [0.1, 0.15) is 0 Å². The maximum absolute atomic E-state index is 12.0. The summed E-state index contributed by atoms with van der Waals surface area (Å²) in [4.78, 5) is 12.0. The van der Waals surface area contributed by atoms with E-state index in [-0.39, 0.29) is 5.78 Å². The van der Waals surface area contributed by atoms with E-state index in [4.69, 9.17) is 0 Å². The Kier molecular flexibility index (Phi) is 3.39. The zero-order valence-electron chi connectivity index (χ0n) is 10.0. The van der Waals surface area contributed by atoms with Gasteiger partial charge in [0.2, 0.25) is 0 Å². The van der Waals surface area contributed by atoms with Crippen LogP contribution in [0.15, 0.2) is 18.2 Å². The van der Waals surface area contributed by atoms with Gasteiger partial charge in [-0.1, -0.05) is 17.7 Å². The van der Waals surface area contributed by atoms with Crippen LogP contribution < -0.4 is 5.32 Å². The quantitative estimate of drug-likeness (QED) is 0.768. The van der Waals surface area contributed by atoms with Crippen molar-refractivity contribution in [1.82, 2.24) is 5.32 Å². The van der Waals surface area contributed by atoms with Crippen molar-refractivity contribution < 1.29 is 4.79 Å². The smallest absolute Gasteiger partial charge is 0.164 e. The zero-order chi connectivity index (χ0) is 11.5. The molecule has 1 N–H and O–H groups in total.